The molecule has 9 heteroatoms. The van der Waals surface area contributed by atoms with Crippen LogP contribution in [-0.2, 0) is 9.47 Å². The van der Waals surface area contributed by atoms with Gasteiger partial charge in [0.1, 0.15) is 0 Å². The zero-order chi connectivity index (χ0) is 18.0. The molecule has 1 spiro atoms. The first kappa shape index (κ1) is 15.5. The van der Waals surface area contributed by atoms with Gasteiger partial charge in [-0.3, -0.25) is 15.8 Å². The first-order chi connectivity index (χ1) is 11.9. The predicted molar refractivity (Wildman–Crippen MR) is 81.3 cm³/mol. The Kier molecular flexibility index (Phi) is 2.82. The van der Waals surface area contributed by atoms with Crippen LogP contribution in [0.4, 0.5) is 5.69 Å². The summed E-state index contributed by atoms with van der Waals surface area (Å²) < 4.78 is 11.6. The summed E-state index contributed by atoms with van der Waals surface area (Å²) in [6, 6.07) is 10.3. The number of nitro groups is 1. The molecule has 25 heavy (non-hydrogen) atoms. The molecule has 126 valence electrons. The van der Waals surface area contributed by atoms with Gasteiger partial charge in [0.15, 0.2) is 10.8 Å². The number of nitrogens with two attached hydrogens (primary N) is 1. The molecular formula is C16H14N5O4+. The summed E-state index contributed by atoms with van der Waals surface area (Å²) in [4.78, 5) is 13.7. The van der Waals surface area contributed by atoms with E-state index in [0.717, 1.165) is 0 Å². The molecule has 0 radical (unpaired) electrons. The maximum atomic E-state index is 11.4. The molecule has 3 aliphatic rings. The molecule has 2 fully saturated rings. The van der Waals surface area contributed by atoms with Crippen molar-refractivity contribution in [1.29, 1.82) is 10.5 Å². The van der Waals surface area contributed by atoms with E-state index in [1.165, 1.54) is 12.1 Å². The normalized spacial score (nSPS) is 40.8. The van der Waals surface area contributed by atoms with Crippen LogP contribution in [0.1, 0.15) is 18.4 Å². The lowest BCUT2D eigenvalue weighted by Crippen LogP contribution is -2.90. The first-order valence-corrected chi connectivity index (χ1v) is 7.69. The number of nitrogens with one attached hydrogen (secondary N) is 1. The summed E-state index contributed by atoms with van der Waals surface area (Å²) in [5, 5.41) is 31.3. The molecule has 2 aliphatic heterocycles. The number of hydrogen-bond acceptors (Lipinski definition) is 7. The highest BCUT2D eigenvalue weighted by Crippen LogP contribution is 2.79. The van der Waals surface area contributed by atoms with E-state index in [1.807, 2.05) is 0 Å². The second-order valence-electron chi connectivity index (χ2n) is 6.48. The van der Waals surface area contributed by atoms with E-state index >= 15 is 0 Å². The van der Waals surface area contributed by atoms with E-state index in [4.69, 9.17) is 15.2 Å². The van der Waals surface area contributed by atoms with Crippen LogP contribution >= 0.6 is 0 Å². The maximum absolute atomic E-state index is 11.4. The second-order valence-corrected chi connectivity index (χ2v) is 6.48. The van der Waals surface area contributed by atoms with Crippen molar-refractivity contribution >= 4 is 11.5 Å². The monoisotopic (exact) mass is 340 g/mol. The van der Waals surface area contributed by atoms with Gasteiger partial charge in [-0.1, -0.05) is 18.2 Å². The van der Waals surface area contributed by atoms with Crippen LogP contribution < -0.4 is 10.7 Å². The Morgan fingerprint density at radius 2 is 2.12 bits per heavy atom. The fourth-order valence-electron chi connectivity index (χ4n) is 4.33. The summed E-state index contributed by atoms with van der Waals surface area (Å²) in [6.07, 6.45) is -0.313. The van der Waals surface area contributed by atoms with Gasteiger partial charge in [-0.05, 0) is 6.92 Å². The molecule has 0 amide bonds. The zero-order valence-electron chi connectivity index (χ0n) is 13.2. The number of fused-ring (bicyclic) bond motifs is 2. The Morgan fingerprint density at radius 1 is 1.40 bits per heavy atom. The minimum atomic E-state index is -1.59. The molecule has 9 nitrogen and oxygen atoms in total. The lowest BCUT2D eigenvalue weighted by Gasteiger charge is -2.23. The Hall–Kier alpha value is -3.01. The Labute approximate surface area is 142 Å². The van der Waals surface area contributed by atoms with E-state index in [0.29, 0.717) is 0 Å². The molecule has 2 heterocycles. The quantitative estimate of drug-likeness (QED) is 0.531. The second kappa shape index (κ2) is 4.54. The summed E-state index contributed by atoms with van der Waals surface area (Å²) in [7, 11) is 0. The van der Waals surface area contributed by atoms with Crippen LogP contribution in [0, 0.1) is 43.6 Å². The Bertz CT molecular complexity index is 918. The smallest absolute Gasteiger partial charge is 0.311 e. The largest absolute Gasteiger partial charge is 0.343 e. The number of amidine groups is 1. The highest BCUT2D eigenvalue weighted by Gasteiger charge is 2.98. The van der Waals surface area contributed by atoms with Crippen molar-refractivity contribution in [3.63, 3.8) is 0 Å². The molecule has 5 atom stereocenters. The highest BCUT2D eigenvalue weighted by atomic mass is 16.8. The third kappa shape index (κ3) is 1.46. The van der Waals surface area contributed by atoms with Crippen molar-refractivity contribution in [2.45, 2.75) is 24.9 Å². The van der Waals surface area contributed by atoms with Gasteiger partial charge in [-0.25, -0.2) is 4.99 Å². The molecule has 1 saturated heterocycles. The predicted octanol–water partition coefficient (Wildman–Crippen LogP) is -0.748. The van der Waals surface area contributed by atoms with Crippen LogP contribution in [0.2, 0.25) is 0 Å². The van der Waals surface area contributed by atoms with E-state index < -0.39 is 27.6 Å². The number of hydrogen-bond donors (Lipinski definition) is 2. The molecule has 4 rings (SSSR count). The van der Waals surface area contributed by atoms with Gasteiger partial charge in [-0.2, -0.15) is 10.5 Å². The fraction of sp³-hybridized carbons (Fsp3) is 0.438. The van der Waals surface area contributed by atoms with E-state index in [2.05, 4.69) is 17.1 Å². The lowest BCUT2D eigenvalue weighted by molar-refractivity contribution is -0.677. The van der Waals surface area contributed by atoms with Crippen molar-refractivity contribution in [1.82, 2.24) is 0 Å². The molecule has 0 aromatic heterocycles. The van der Waals surface area contributed by atoms with E-state index in [-0.39, 0.29) is 29.8 Å². The van der Waals surface area contributed by atoms with Crippen LogP contribution in [0.3, 0.4) is 0 Å². The first-order valence-electron chi connectivity index (χ1n) is 7.69. The SMILES string of the molecule is C[C@@H]1CO[C@]2([NH+]=C(N)[C@@]3(C#N)[C@@H](c4ccccc4[N+](=O)[O-])[C@@]23C#N)O1. The van der Waals surface area contributed by atoms with Crippen molar-refractivity contribution in [3.05, 3.63) is 39.9 Å². The minimum absolute atomic E-state index is 0.0359. The van der Waals surface area contributed by atoms with Crippen LogP contribution in [0.5, 0.6) is 0 Å². The van der Waals surface area contributed by atoms with Crippen molar-refractivity contribution in [2.24, 2.45) is 16.6 Å². The number of nitriles is 2. The standard InChI is InChI=1S/C16H13N5O4/c1-9-6-24-16(25-9)15(8-18)12(14(15,7-17)13(19)20-16)10-4-2-3-5-11(10)21(22)23/h2-5,9,12H,6H2,1H3,(H2,19,20)/p+1/t9-,12-,14-,15-,16+/m1/s1. The maximum Gasteiger partial charge on any atom is 0.343 e. The number of rotatable bonds is 2. The Morgan fingerprint density at radius 3 is 2.68 bits per heavy atom. The van der Waals surface area contributed by atoms with Crippen LogP contribution in [0.25, 0.3) is 0 Å². The highest BCUT2D eigenvalue weighted by molar-refractivity contribution is 5.95. The summed E-state index contributed by atoms with van der Waals surface area (Å²) in [5.74, 6) is -2.38. The molecule has 0 bridgehead atoms. The summed E-state index contributed by atoms with van der Waals surface area (Å²) >= 11 is 0. The third-order valence-corrected chi connectivity index (χ3v) is 5.33. The number of benzene rings is 1. The van der Waals surface area contributed by atoms with Crippen LogP contribution in [-0.4, -0.2) is 29.4 Å². The zero-order valence-corrected chi connectivity index (χ0v) is 13.2. The van der Waals surface area contributed by atoms with Crippen molar-refractivity contribution in [2.75, 3.05) is 6.61 Å². The number of nitrogens with zero attached hydrogens (tertiary/aromatic N) is 3. The van der Waals surface area contributed by atoms with Gasteiger partial charge in [0.2, 0.25) is 0 Å². The van der Waals surface area contributed by atoms with Crippen LogP contribution in [0.15, 0.2) is 24.3 Å². The Balaban J connectivity index is 1.96. The summed E-state index contributed by atoms with van der Waals surface area (Å²) in [5.41, 5.74) is 3.22. The van der Waals surface area contributed by atoms with Gasteiger partial charge in [-0.15, -0.1) is 0 Å². The molecule has 0 unspecified atom stereocenters. The van der Waals surface area contributed by atoms with Gasteiger partial charge in [0.25, 0.3) is 11.5 Å². The van der Waals surface area contributed by atoms with Gasteiger partial charge >= 0.3 is 5.91 Å². The van der Waals surface area contributed by atoms with Gasteiger partial charge in [0, 0.05) is 11.6 Å². The molecular weight excluding hydrogens is 326 g/mol. The topological polar surface area (TPSA) is 149 Å². The average Bonchev–Trinajstić information content (AvgIpc) is 2.98. The van der Waals surface area contributed by atoms with Gasteiger partial charge < -0.3 is 9.47 Å². The average molecular weight is 340 g/mol. The molecule has 1 aromatic rings. The minimum Gasteiger partial charge on any atom is -0.311 e. The molecule has 1 aromatic carbocycles. The van der Waals surface area contributed by atoms with Crippen molar-refractivity contribution < 1.29 is 19.4 Å². The summed E-state index contributed by atoms with van der Waals surface area (Å²) in [6.45, 7) is 1.99. The molecule has 1 aliphatic carbocycles. The molecule has 3 N–H and O–H groups in total. The number of ether oxygens (including phenoxy) is 2. The van der Waals surface area contributed by atoms with Gasteiger partial charge in [0.05, 0.1) is 35.7 Å². The number of para-hydroxylation sites is 1. The van der Waals surface area contributed by atoms with Crippen molar-refractivity contribution in [3.8, 4) is 12.1 Å². The number of nitro benzene ring substituents is 1. The third-order valence-electron chi connectivity index (χ3n) is 5.33. The van der Waals surface area contributed by atoms with E-state index in [1.54, 1.807) is 19.1 Å². The van der Waals surface area contributed by atoms with E-state index in [9.17, 15) is 20.6 Å². The lowest BCUT2D eigenvalue weighted by atomic mass is 9.93. The fourth-order valence-corrected chi connectivity index (χ4v) is 4.33. The molecule has 1 saturated carbocycles.